The largest absolute Gasteiger partial charge is 0.466 e. The van der Waals surface area contributed by atoms with Crippen LogP contribution in [0.1, 0.15) is 23.7 Å². The number of carbonyl (C=O) groups excluding carboxylic acids is 3. The molecule has 0 radical (unpaired) electrons. The van der Waals surface area contributed by atoms with Crippen LogP contribution in [0, 0.1) is 0 Å². The van der Waals surface area contributed by atoms with Gasteiger partial charge in [-0.2, -0.15) is 0 Å². The molecule has 1 aliphatic rings. The predicted molar refractivity (Wildman–Crippen MR) is 84.3 cm³/mol. The van der Waals surface area contributed by atoms with E-state index < -0.39 is 11.2 Å². The molecule has 1 aliphatic heterocycles. The summed E-state index contributed by atoms with van der Waals surface area (Å²) in [5.41, 5.74) is 0.560. The van der Waals surface area contributed by atoms with Gasteiger partial charge in [0.15, 0.2) is 5.78 Å². The first-order valence-corrected chi connectivity index (χ1v) is 7.81. The highest BCUT2D eigenvalue weighted by molar-refractivity contribution is 8.04. The van der Waals surface area contributed by atoms with Crippen molar-refractivity contribution in [2.24, 2.45) is 0 Å². The summed E-state index contributed by atoms with van der Waals surface area (Å²) in [5, 5.41) is 0.0204. The van der Waals surface area contributed by atoms with Gasteiger partial charge < -0.3 is 9.64 Å². The highest BCUT2D eigenvalue weighted by Gasteiger charge is 2.36. The molecule has 2 rings (SSSR count). The van der Waals surface area contributed by atoms with Crippen LogP contribution in [0.25, 0.3) is 0 Å². The van der Waals surface area contributed by atoms with Crippen molar-refractivity contribution in [2.45, 2.75) is 18.6 Å². The van der Waals surface area contributed by atoms with E-state index in [1.165, 1.54) is 22.7 Å². The van der Waals surface area contributed by atoms with Crippen LogP contribution in [0.5, 0.6) is 0 Å². The molecule has 6 heteroatoms. The number of hydrogen-bond acceptors (Lipinski definition) is 5. The highest BCUT2D eigenvalue weighted by Crippen LogP contribution is 2.36. The Labute approximate surface area is 133 Å². The number of carbonyl (C=O) groups is 3. The summed E-state index contributed by atoms with van der Waals surface area (Å²) in [7, 11) is 1.60. The summed E-state index contributed by atoms with van der Waals surface area (Å²) in [5.74, 6) is -0.762. The summed E-state index contributed by atoms with van der Waals surface area (Å²) in [6.07, 6.45) is 1.45. The van der Waals surface area contributed by atoms with Gasteiger partial charge in [0, 0.05) is 18.7 Å². The second-order valence-corrected chi connectivity index (χ2v) is 5.95. The molecule has 0 aliphatic carbocycles. The van der Waals surface area contributed by atoms with Crippen molar-refractivity contribution in [1.82, 2.24) is 4.90 Å². The molecule has 1 aromatic rings. The van der Waals surface area contributed by atoms with Gasteiger partial charge in [-0.15, -0.1) is 0 Å². The van der Waals surface area contributed by atoms with E-state index >= 15 is 0 Å². The summed E-state index contributed by atoms with van der Waals surface area (Å²) < 4.78 is 4.86. The fourth-order valence-electron chi connectivity index (χ4n) is 2.03. The van der Waals surface area contributed by atoms with Crippen molar-refractivity contribution in [3.05, 3.63) is 47.0 Å². The molecule has 1 atom stereocenters. The fraction of sp³-hybridized carbons (Fsp3) is 0.312. The van der Waals surface area contributed by atoms with E-state index in [4.69, 9.17) is 4.74 Å². The van der Waals surface area contributed by atoms with Crippen LogP contribution >= 0.6 is 11.8 Å². The number of nitrogens with zero attached hydrogens (tertiary/aromatic N) is 1. The first-order valence-electron chi connectivity index (χ1n) is 6.94. The number of esters is 1. The average molecular weight is 319 g/mol. The Morgan fingerprint density at radius 3 is 2.64 bits per heavy atom. The van der Waals surface area contributed by atoms with E-state index in [9.17, 15) is 14.4 Å². The molecular weight excluding hydrogens is 302 g/mol. The SMILES string of the molecule is CCOC(=O)CC1S/C(=C\C(=O)c2ccccc2)N(C)C1=O. The first kappa shape index (κ1) is 16.3. The Morgan fingerprint density at radius 2 is 2.00 bits per heavy atom. The number of thioether (sulfide) groups is 1. The Hall–Kier alpha value is -2.08. The quantitative estimate of drug-likeness (QED) is 0.473. The van der Waals surface area contributed by atoms with Gasteiger partial charge in [0.1, 0.15) is 5.25 Å². The monoisotopic (exact) mass is 319 g/mol. The number of benzene rings is 1. The third kappa shape index (κ3) is 3.76. The van der Waals surface area contributed by atoms with Crippen molar-refractivity contribution < 1.29 is 19.1 Å². The maximum absolute atomic E-state index is 12.2. The first-order chi connectivity index (χ1) is 10.5. The molecule has 1 unspecified atom stereocenters. The summed E-state index contributed by atoms with van der Waals surface area (Å²) in [4.78, 5) is 37.2. The molecule has 22 heavy (non-hydrogen) atoms. The number of rotatable bonds is 5. The Morgan fingerprint density at radius 1 is 1.32 bits per heavy atom. The van der Waals surface area contributed by atoms with Crippen LogP contribution in [-0.2, 0) is 14.3 Å². The third-order valence-corrected chi connectivity index (χ3v) is 4.46. The lowest BCUT2D eigenvalue weighted by Gasteiger charge is -2.09. The van der Waals surface area contributed by atoms with Gasteiger partial charge in [0.05, 0.1) is 18.1 Å². The van der Waals surface area contributed by atoms with Gasteiger partial charge in [-0.1, -0.05) is 42.1 Å². The van der Waals surface area contributed by atoms with Crippen LogP contribution in [-0.4, -0.2) is 41.5 Å². The van der Waals surface area contributed by atoms with Gasteiger partial charge in [0.25, 0.3) is 0 Å². The minimum Gasteiger partial charge on any atom is -0.466 e. The predicted octanol–water partition coefficient (Wildman–Crippen LogP) is 2.24. The molecule has 1 amide bonds. The smallest absolute Gasteiger partial charge is 0.307 e. The van der Waals surface area contributed by atoms with Crippen molar-refractivity contribution >= 4 is 29.4 Å². The van der Waals surface area contributed by atoms with Gasteiger partial charge in [-0.25, -0.2) is 0 Å². The minimum atomic E-state index is -0.529. The summed E-state index contributed by atoms with van der Waals surface area (Å²) in [6, 6.07) is 8.84. The molecule has 1 saturated heterocycles. The van der Waals surface area contributed by atoms with E-state index in [1.54, 1.807) is 38.2 Å². The van der Waals surface area contributed by atoms with Gasteiger partial charge in [-0.05, 0) is 6.92 Å². The van der Waals surface area contributed by atoms with E-state index in [0.29, 0.717) is 10.6 Å². The topological polar surface area (TPSA) is 63.7 Å². The normalized spacial score (nSPS) is 19.5. The molecule has 0 saturated carbocycles. The molecule has 5 nitrogen and oxygen atoms in total. The maximum atomic E-state index is 12.2. The van der Waals surface area contributed by atoms with Crippen molar-refractivity contribution in [3.63, 3.8) is 0 Å². The third-order valence-electron chi connectivity index (χ3n) is 3.17. The number of ether oxygens (including phenoxy) is 1. The zero-order chi connectivity index (χ0) is 16.1. The zero-order valence-corrected chi connectivity index (χ0v) is 13.3. The summed E-state index contributed by atoms with van der Waals surface area (Å²) >= 11 is 1.22. The van der Waals surface area contributed by atoms with Crippen LogP contribution in [0.2, 0.25) is 0 Å². The van der Waals surface area contributed by atoms with E-state index in [2.05, 4.69) is 0 Å². The lowest BCUT2D eigenvalue weighted by atomic mass is 10.1. The number of allylic oxidation sites excluding steroid dienone is 1. The molecule has 1 fully saturated rings. The Bertz CT molecular complexity index is 612. The van der Waals surface area contributed by atoms with E-state index in [0.717, 1.165) is 0 Å². The van der Waals surface area contributed by atoms with Crippen LogP contribution in [0.3, 0.4) is 0 Å². The lowest BCUT2D eigenvalue weighted by Crippen LogP contribution is -2.27. The molecule has 0 N–H and O–H groups in total. The minimum absolute atomic E-state index is 0.0124. The zero-order valence-electron chi connectivity index (χ0n) is 12.4. The fourth-order valence-corrected chi connectivity index (χ4v) is 3.22. The summed E-state index contributed by atoms with van der Waals surface area (Å²) in [6.45, 7) is 2.01. The molecular formula is C16H17NO4S. The number of hydrogen-bond donors (Lipinski definition) is 0. The van der Waals surface area contributed by atoms with Gasteiger partial charge >= 0.3 is 5.97 Å². The van der Waals surface area contributed by atoms with Crippen LogP contribution in [0.4, 0.5) is 0 Å². The van der Waals surface area contributed by atoms with E-state index in [1.807, 2.05) is 6.07 Å². The number of ketones is 1. The molecule has 1 aromatic carbocycles. The average Bonchev–Trinajstić information content (AvgIpc) is 2.76. The van der Waals surface area contributed by atoms with Crippen LogP contribution in [0.15, 0.2) is 41.4 Å². The maximum Gasteiger partial charge on any atom is 0.307 e. The Balaban J connectivity index is 2.09. The lowest BCUT2D eigenvalue weighted by molar-refractivity contribution is -0.144. The van der Waals surface area contributed by atoms with Crippen molar-refractivity contribution in [1.29, 1.82) is 0 Å². The van der Waals surface area contributed by atoms with Gasteiger partial charge in [0.2, 0.25) is 5.91 Å². The molecule has 116 valence electrons. The second-order valence-electron chi connectivity index (χ2n) is 4.73. The molecule has 0 spiro atoms. The van der Waals surface area contributed by atoms with Gasteiger partial charge in [-0.3, -0.25) is 14.4 Å². The molecule has 0 bridgehead atoms. The molecule has 1 heterocycles. The standard InChI is InChI=1S/C16H17NO4S/c1-3-21-15(19)10-13-16(20)17(2)14(22-13)9-12(18)11-7-5-4-6-8-11/h4-9,13H,3,10H2,1-2H3/b14-9-. The van der Waals surface area contributed by atoms with Crippen LogP contribution < -0.4 is 0 Å². The highest BCUT2D eigenvalue weighted by atomic mass is 32.2. The molecule has 0 aromatic heterocycles. The Kier molecular flexibility index (Phi) is 5.38. The van der Waals surface area contributed by atoms with E-state index in [-0.39, 0.29) is 24.7 Å². The number of amides is 1. The van der Waals surface area contributed by atoms with Crippen molar-refractivity contribution in [2.75, 3.05) is 13.7 Å². The van der Waals surface area contributed by atoms with Crippen molar-refractivity contribution in [3.8, 4) is 0 Å². The second kappa shape index (κ2) is 7.26.